The molecule has 0 aliphatic rings. The molecule has 2 rings (SSSR count). The van der Waals surface area contributed by atoms with Crippen LogP contribution in [0, 0.1) is 0 Å². The van der Waals surface area contributed by atoms with Gasteiger partial charge in [0.15, 0.2) is 5.69 Å². The maximum absolute atomic E-state index is 12.0. The Hall–Kier alpha value is -2.31. The number of rotatable bonds is 6. The van der Waals surface area contributed by atoms with Crippen molar-refractivity contribution in [3.63, 3.8) is 0 Å². The van der Waals surface area contributed by atoms with E-state index in [9.17, 15) is 4.79 Å². The van der Waals surface area contributed by atoms with Crippen molar-refractivity contribution >= 4 is 11.6 Å². The highest BCUT2D eigenvalue weighted by atomic mass is 16.4. The first kappa shape index (κ1) is 14.1. The Morgan fingerprint density at radius 2 is 2.30 bits per heavy atom. The summed E-state index contributed by atoms with van der Waals surface area (Å²) in [7, 11) is 0. The number of aromatic nitrogens is 3. The highest BCUT2D eigenvalue weighted by Crippen LogP contribution is 2.15. The summed E-state index contributed by atoms with van der Waals surface area (Å²) in [4.78, 5) is 16.1. The highest BCUT2D eigenvalue weighted by Gasteiger charge is 2.17. The van der Waals surface area contributed by atoms with Gasteiger partial charge in [-0.15, -0.1) is 0 Å². The maximum atomic E-state index is 12.0. The van der Waals surface area contributed by atoms with Gasteiger partial charge < -0.3 is 15.5 Å². The first-order valence-corrected chi connectivity index (χ1v) is 6.70. The zero-order valence-corrected chi connectivity index (χ0v) is 11.7. The van der Waals surface area contributed by atoms with Crippen molar-refractivity contribution in [2.45, 2.75) is 39.7 Å². The van der Waals surface area contributed by atoms with Crippen LogP contribution < -0.4 is 11.1 Å². The van der Waals surface area contributed by atoms with Crippen LogP contribution in [0.15, 0.2) is 10.6 Å². The van der Waals surface area contributed by atoms with E-state index < -0.39 is 0 Å². The number of nitrogens with zero attached hydrogens (tertiary/aromatic N) is 2. The second-order valence-electron chi connectivity index (χ2n) is 4.47. The fourth-order valence-electron chi connectivity index (χ4n) is 1.83. The van der Waals surface area contributed by atoms with E-state index in [1.807, 2.05) is 13.8 Å². The number of carbonyl (C=O) groups is 1. The van der Waals surface area contributed by atoms with Crippen LogP contribution >= 0.6 is 0 Å². The van der Waals surface area contributed by atoms with E-state index in [-0.39, 0.29) is 18.1 Å². The van der Waals surface area contributed by atoms with Crippen molar-refractivity contribution in [3.05, 3.63) is 29.2 Å². The van der Waals surface area contributed by atoms with E-state index in [4.69, 9.17) is 10.2 Å². The number of hydrogen-bond acceptors (Lipinski definition) is 5. The van der Waals surface area contributed by atoms with Crippen molar-refractivity contribution in [2.24, 2.45) is 0 Å². The van der Waals surface area contributed by atoms with Crippen LogP contribution in [0.1, 0.15) is 48.1 Å². The average Bonchev–Trinajstić information content (AvgIpc) is 3.04. The van der Waals surface area contributed by atoms with Crippen LogP contribution in [-0.4, -0.2) is 21.1 Å². The number of anilines is 1. The molecule has 0 atom stereocenters. The molecule has 2 aromatic heterocycles. The highest BCUT2D eigenvalue weighted by molar-refractivity contribution is 5.97. The summed E-state index contributed by atoms with van der Waals surface area (Å²) < 4.78 is 5.41. The van der Waals surface area contributed by atoms with Crippen molar-refractivity contribution < 1.29 is 9.21 Å². The quantitative estimate of drug-likeness (QED) is 0.739. The van der Waals surface area contributed by atoms with Gasteiger partial charge in [-0.1, -0.05) is 20.3 Å². The first-order valence-electron chi connectivity index (χ1n) is 6.70. The molecule has 0 spiro atoms. The number of amides is 1. The van der Waals surface area contributed by atoms with Crippen molar-refractivity contribution in [2.75, 3.05) is 5.73 Å². The van der Waals surface area contributed by atoms with E-state index in [0.29, 0.717) is 11.6 Å². The van der Waals surface area contributed by atoms with Crippen LogP contribution in [-0.2, 0) is 19.4 Å². The Balaban J connectivity index is 1.98. The molecule has 4 N–H and O–H groups in total. The molecule has 0 radical (unpaired) electrons. The average molecular weight is 277 g/mol. The lowest BCUT2D eigenvalue weighted by Crippen LogP contribution is -2.24. The summed E-state index contributed by atoms with van der Waals surface area (Å²) in [6.07, 6.45) is 4.13. The van der Waals surface area contributed by atoms with E-state index in [2.05, 4.69) is 20.5 Å². The number of nitrogen functional groups attached to an aromatic ring is 1. The summed E-state index contributed by atoms with van der Waals surface area (Å²) in [5.41, 5.74) is 7.31. The molecule has 0 unspecified atom stereocenters. The second kappa shape index (κ2) is 6.23. The molecule has 0 aliphatic heterocycles. The molecule has 1 amide bonds. The van der Waals surface area contributed by atoms with Crippen molar-refractivity contribution in [1.82, 2.24) is 20.5 Å². The van der Waals surface area contributed by atoms with Gasteiger partial charge in [-0.3, -0.25) is 9.89 Å². The fraction of sp³-hybridized carbons (Fsp3) is 0.462. The maximum Gasteiger partial charge on any atom is 0.274 e. The zero-order valence-electron chi connectivity index (χ0n) is 11.7. The smallest absolute Gasteiger partial charge is 0.274 e. The Bertz CT molecular complexity index is 587. The van der Waals surface area contributed by atoms with E-state index in [1.165, 1.54) is 0 Å². The third kappa shape index (κ3) is 2.98. The molecular formula is C13H19N5O2. The molecule has 108 valence electrons. The number of aromatic amines is 1. The number of nitrogens with two attached hydrogens (primary N) is 1. The molecule has 0 bridgehead atoms. The Morgan fingerprint density at radius 3 is 2.95 bits per heavy atom. The van der Waals surface area contributed by atoms with Gasteiger partial charge >= 0.3 is 0 Å². The van der Waals surface area contributed by atoms with Gasteiger partial charge in [0.05, 0.1) is 24.1 Å². The van der Waals surface area contributed by atoms with Gasteiger partial charge in [0.2, 0.25) is 5.89 Å². The molecule has 0 saturated heterocycles. The van der Waals surface area contributed by atoms with Crippen molar-refractivity contribution in [3.8, 4) is 0 Å². The van der Waals surface area contributed by atoms with E-state index in [1.54, 1.807) is 6.20 Å². The Kier molecular flexibility index (Phi) is 4.39. The monoisotopic (exact) mass is 277 g/mol. The number of nitrogens with one attached hydrogen (secondary N) is 2. The van der Waals surface area contributed by atoms with Crippen LogP contribution in [0.3, 0.4) is 0 Å². The lowest BCUT2D eigenvalue weighted by Gasteiger charge is -2.01. The number of oxazole rings is 1. The van der Waals surface area contributed by atoms with Gasteiger partial charge in [0.1, 0.15) is 5.76 Å². The number of hydrogen-bond donors (Lipinski definition) is 3. The molecular weight excluding hydrogens is 258 g/mol. The number of aryl methyl sites for hydroxylation is 2. The summed E-state index contributed by atoms with van der Waals surface area (Å²) in [5.74, 6) is 0.925. The molecule has 0 aliphatic carbocycles. The molecule has 20 heavy (non-hydrogen) atoms. The Labute approximate surface area is 117 Å². The zero-order chi connectivity index (χ0) is 14.5. The molecule has 7 heteroatoms. The number of carbonyl (C=O) groups excluding carboxylic acids is 1. The van der Waals surface area contributed by atoms with Crippen LogP contribution in [0.4, 0.5) is 5.69 Å². The molecule has 7 nitrogen and oxygen atoms in total. The fourth-order valence-corrected chi connectivity index (χ4v) is 1.83. The minimum absolute atomic E-state index is 0.217. The third-order valence-electron chi connectivity index (χ3n) is 2.95. The molecule has 0 saturated carbocycles. The SMILES string of the molecule is CCCc1[nH]nc(C(=O)NCc2ncc(CC)o2)c1N. The molecule has 2 aromatic rings. The number of H-pyrrole nitrogens is 1. The van der Waals surface area contributed by atoms with Crippen LogP contribution in [0.5, 0.6) is 0 Å². The van der Waals surface area contributed by atoms with Gasteiger partial charge in [0, 0.05) is 6.42 Å². The second-order valence-corrected chi connectivity index (χ2v) is 4.47. The van der Waals surface area contributed by atoms with Gasteiger partial charge in [-0.2, -0.15) is 5.10 Å². The van der Waals surface area contributed by atoms with Gasteiger partial charge in [-0.25, -0.2) is 4.98 Å². The summed E-state index contributed by atoms with van der Waals surface area (Å²) in [6.45, 7) is 4.23. The van der Waals surface area contributed by atoms with E-state index in [0.717, 1.165) is 30.7 Å². The topological polar surface area (TPSA) is 110 Å². The van der Waals surface area contributed by atoms with Crippen molar-refractivity contribution in [1.29, 1.82) is 0 Å². The predicted molar refractivity (Wildman–Crippen MR) is 74.0 cm³/mol. The minimum atomic E-state index is -0.336. The first-order chi connectivity index (χ1) is 9.65. The Morgan fingerprint density at radius 1 is 1.50 bits per heavy atom. The molecule has 0 fully saturated rings. The van der Waals surface area contributed by atoms with Crippen LogP contribution in [0.2, 0.25) is 0 Å². The largest absolute Gasteiger partial charge is 0.444 e. The minimum Gasteiger partial charge on any atom is -0.444 e. The molecule has 2 heterocycles. The summed E-state index contributed by atoms with van der Waals surface area (Å²) >= 11 is 0. The van der Waals surface area contributed by atoms with Crippen LogP contribution in [0.25, 0.3) is 0 Å². The van der Waals surface area contributed by atoms with E-state index >= 15 is 0 Å². The summed E-state index contributed by atoms with van der Waals surface area (Å²) in [6, 6.07) is 0. The third-order valence-corrected chi connectivity index (χ3v) is 2.95. The predicted octanol–water partition coefficient (Wildman–Crippen LogP) is 1.42. The lowest BCUT2D eigenvalue weighted by molar-refractivity contribution is 0.0943. The van der Waals surface area contributed by atoms with Gasteiger partial charge in [0.25, 0.3) is 5.91 Å². The lowest BCUT2D eigenvalue weighted by atomic mass is 10.2. The molecule has 0 aromatic carbocycles. The summed E-state index contributed by atoms with van der Waals surface area (Å²) in [5, 5.41) is 9.44. The normalized spacial score (nSPS) is 10.7. The van der Waals surface area contributed by atoms with Gasteiger partial charge in [-0.05, 0) is 6.42 Å². The standard InChI is InChI=1S/C13H19N5O2/c1-3-5-9-11(14)12(18-17-9)13(19)16-7-10-15-6-8(4-2)20-10/h6H,3-5,7,14H2,1-2H3,(H,16,19)(H,17,18).